The Morgan fingerprint density at radius 2 is 2.05 bits per heavy atom. The maximum atomic E-state index is 12.1. The normalized spacial score (nSPS) is 12.2. The van der Waals surface area contributed by atoms with Gasteiger partial charge in [0, 0.05) is 13.1 Å². The van der Waals surface area contributed by atoms with E-state index in [0.717, 1.165) is 13.1 Å². The monoisotopic (exact) mass is 297 g/mol. The van der Waals surface area contributed by atoms with Crippen LogP contribution in [0.25, 0.3) is 0 Å². The first-order valence-corrected chi connectivity index (χ1v) is 7.77. The molecule has 1 aromatic rings. The fraction of sp³-hybridized carbons (Fsp3) is 0.571. The van der Waals surface area contributed by atoms with Crippen molar-refractivity contribution in [2.24, 2.45) is 5.92 Å². The Kier molecular flexibility index (Phi) is 7.25. The molecule has 0 radical (unpaired) electrons. The first kappa shape index (κ1) is 16.7. The largest absolute Gasteiger partial charge is 0.353 e. The van der Waals surface area contributed by atoms with Crippen molar-refractivity contribution in [2.75, 3.05) is 19.6 Å². The van der Waals surface area contributed by atoms with Crippen LogP contribution in [0.5, 0.6) is 0 Å². The van der Waals surface area contributed by atoms with E-state index in [1.807, 2.05) is 32.2 Å². The number of rotatable bonds is 8. The quantitative estimate of drug-likeness (QED) is 0.632. The second-order valence-electron chi connectivity index (χ2n) is 4.82. The second kappa shape index (κ2) is 8.71. The van der Waals surface area contributed by atoms with Crippen LogP contribution in [0.4, 0.5) is 0 Å². The number of hydrogen-bond acceptors (Lipinski definition) is 4. The lowest BCUT2D eigenvalue weighted by Gasteiger charge is -2.21. The molecule has 0 aromatic carbocycles. The molecule has 3 N–H and O–H groups in total. The fourth-order valence-electron chi connectivity index (χ4n) is 1.72. The van der Waals surface area contributed by atoms with Gasteiger partial charge in [0.2, 0.25) is 5.91 Å². The lowest BCUT2D eigenvalue weighted by atomic mass is 10.0. The second-order valence-corrected chi connectivity index (χ2v) is 5.76. The number of thiophene rings is 1. The highest BCUT2D eigenvalue weighted by molar-refractivity contribution is 7.12. The van der Waals surface area contributed by atoms with Crippen LogP contribution in [0.1, 0.15) is 30.4 Å². The smallest absolute Gasteiger partial charge is 0.262 e. The SMILES string of the molecule is CCNCCNC(=O)C(NC(=O)c1cccs1)C(C)C. The van der Waals surface area contributed by atoms with E-state index in [2.05, 4.69) is 16.0 Å². The van der Waals surface area contributed by atoms with Crippen LogP contribution in [0, 0.1) is 5.92 Å². The van der Waals surface area contributed by atoms with Crippen LogP contribution in [0.2, 0.25) is 0 Å². The lowest BCUT2D eigenvalue weighted by Crippen LogP contribution is -2.50. The van der Waals surface area contributed by atoms with Crippen molar-refractivity contribution >= 4 is 23.2 Å². The maximum Gasteiger partial charge on any atom is 0.262 e. The molecule has 0 aliphatic carbocycles. The number of carbonyl (C=O) groups excluding carboxylic acids is 2. The van der Waals surface area contributed by atoms with Crippen molar-refractivity contribution in [1.82, 2.24) is 16.0 Å². The standard InChI is InChI=1S/C14H23N3O2S/c1-4-15-7-8-16-14(19)12(10(2)3)17-13(18)11-6-5-9-20-11/h5-6,9-10,12,15H,4,7-8H2,1-3H3,(H,16,19)(H,17,18). The molecule has 112 valence electrons. The summed E-state index contributed by atoms with van der Waals surface area (Å²) in [5.41, 5.74) is 0. The number of hydrogen-bond donors (Lipinski definition) is 3. The minimum Gasteiger partial charge on any atom is -0.353 e. The topological polar surface area (TPSA) is 70.2 Å². The Hall–Kier alpha value is -1.40. The molecule has 1 unspecified atom stereocenters. The molecule has 1 rings (SSSR count). The summed E-state index contributed by atoms with van der Waals surface area (Å²) in [6.07, 6.45) is 0. The van der Waals surface area contributed by atoms with E-state index in [1.54, 1.807) is 6.07 Å². The minimum absolute atomic E-state index is 0.0399. The van der Waals surface area contributed by atoms with Crippen molar-refractivity contribution < 1.29 is 9.59 Å². The van der Waals surface area contributed by atoms with E-state index in [-0.39, 0.29) is 17.7 Å². The predicted molar refractivity (Wildman–Crippen MR) is 82.0 cm³/mol. The Balaban J connectivity index is 2.51. The summed E-state index contributed by atoms with van der Waals surface area (Å²) < 4.78 is 0. The molecule has 1 heterocycles. The van der Waals surface area contributed by atoms with Gasteiger partial charge in [0.25, 0.3) is 5.91 Å². The molecular formula is C14H23N3O2S. The minimum atomic E-state index is -0.508. The van der Waals surface area contributed by atoms with Gasteiger partial charge in [-0.25, -0.2) is 0 Å². The van der Waals surface area contributed by atoms with Crippen LogP contribution in [0.15, 0.2) is 17.5 Å². The Bertz CT molecular complexity index is 418. The van der Waals surface area contributed by atoms with Gasteiger partial charge in [-0.2, -0.15) is 0 Å². The third-order valence-corrected chi connectivity index (χ3v) is 3.70. The van der Waals surface area contributed by atoms with Crippen LogP contribution in [-0.4, -0.2) is 37.5 Å². The summed E-state index contributed by atoms with van der Waals surface area (Å²) in [7, 11) is 0. The third kappa shape index (κ3) is 5.30. The van der Waals surface area contributed by atoms with Gasteiger partial charge >= 0.3 is 0 Å². The number of amides is 2. The molecule has 1 atom stereocenters. The molecular weight excluding hydrogens is 274 g/mol. The molecule has 0 aliphatic heterocycles. The summed E-state index contributed by atoms with van der Waals surface area (Å²) in [6.45, 7) is 8.02. The third-order valence-electron chi connectivity index (χ3n) is 2.83. The Morgan fingerprint density at radius 3 is 2.60 bits per heavy atom. The van der Waals surface area contributed by atoms with Gasteiger partial charge in [-0.3, -0.25) is 9.59 Å². The number of likely N-dealkylation sites (N-methyl/N-ethyl adjacent to an activating group) is 1. The number of carbonyl (C=O) groups is 2. The van der Waals surface area contributed by atoms with Crippen molar-refractivity contribution in [1.29, 1.82) is 0 Å². The molecule has 20 heavy (non-hydrogen) atoms. The maximum absolute atomic E-state index is 12.1. The van der Waals surface area contributed by atoms with Gasteiger partial charge in [-0.1, -0.05) is 26.8 Å². The van der Waals surface area contributed by atoms with Gasteiger partial charge in [0.1, 0.15) is 6.04 Å². The molecule has 2 amide bonds. The highest BCUT2D eigenvalue weighted by Crippen LogP contribution is 2.10. The van der Waals surface area contributed by atoms with Crippen LogP contribution < -0.4 is 16.0 Å². The first-order valence-electron chi connectivity index (χ1n) is 6.89. The summed E-state index contributed by atoms with van der Waals surface area (Å²) in [6, 6.07) is 3.06. The van der Waals surface area contributed by atoms with Crippen molar-refractivity contribution in [2.45, 2.75) is 26.8 Å². The molecule has 0 bridgehead atoms. The summed E-state index contributed by atoms with van der Waals surface area (Å²) in [5, 5.41) is 10.6. The lowest BCUT2D eigenvalue weighted by molar-refractivity contribution is -0.123. The summed E-state index contributed by atoms with van der Waals surface area (Å²) in [5.74, 6) is -0.290. The first-order chi connectivity index (χ1) is 9.56. The van der Waals surface area contributed by atoms with Crippen LogP contribution in [0.3, 0.4) is 0 Å². The zero-order chi connectivity index (χ0) is 15.0. The van der Waals surface area contributed by atoms with Gasteiger partial charge < -0.3 is 16.0 Å². The predicted octanol–water partition coefficient (Wildman–Crippen LogP) is 1.23. The van der Waals surface area contributed by atoms with Gasteiger partial charge in [0.05, 0.1) is 4.88 Å². The van der Waals surface area contributed by atoms with E-state index < -0.39 is 6.04 Å². The van der Waals surface area contributed by atoms with Crippen molar-refractivity contribution in [3.63, 3.8) is 0 Å². The highest BCUT2D eigenvalue weighted by Gasteiger charge is 2.24. The van der Waals surface area contributed by atoms with E-state index in [0.29, 0.717) is 11.4 Å². The Morgan fingerprint density at radius 1 is 1.30 bits per heavy atom. The molecule has 0 spiro atoms. The summed E-state index contributed by atoms with van der Waals surface area (Å²) in [4.78, 5) is 24.7. The fourth-order valence-corrected chi connectivity index (χ4v) is 2.34. The molecule has 5 nitrogen and oxygen atoms in total. The molecule has 0 fully saturated rings. The molecule has 0 aliphatic rings. The van der Waals surface area contributed by atoms with E-state index >= 15 is 0 Å². The van der Waals surface area contributed by atoms with E-state index in [1.165, 1.54) is 11.3 Å². The average Bonchev–Trinajstić information content (AvgIpc) is 2.94. The van der Waals surface area contributed by atoms with Crippen LogP contribution in [-0.2, 0) is 4.79 Å². The van der Waals surface area contributed by atoms with Crippen molar-refractivity contribution in [3.05, 3.63) is 22.4 Å². The van der Waals surface area contributed by atoms with Gasteiger partial charge in [-0.15, -0.1) is 11.3 Å². The van der Waals surface area contributed by atoms with E-state index in [9.17, 15) is 9.59 Å². The van der Waals surface area contributed by atoms with Gasteiger partial charge in [-0.05, 0) is 23.9 Å². The van der Waals surface area contributed by atoms with Crippen molar-refractivity contribution in [3.8, 4) is 0 Å². The van der Waals surface area contributed by atoms with Gasteiger partial charge in [0.15, 0.2) is 0 Å². The molecule has 6 heteroatoms. The zero-order valence-corrected chi connectivity index (χ0v) is 13.0. The molecule has 0 saturated heterocycles. The summed E-state index contributed by atoms with van der Waals surface area (Å²) >= 11 is 1.37. The van der Waals surface area contributed by atoms with E-state index in [4.69, 9.17) is 0 Å². The molecule has 0 saturated carbocycles. The average molecular weight is 297 g/mol. The number of nitrogens with one attached hydrogen (secondary N) is 3. The molecule has 1 aromatic heterocycles. The Labute approximate surface area is 124 Å². The zero-order valence-electron chi connectivity index (χ0n) is 12.2. The van der Waals surface area contributed by atoms with Crippen LogP contribution >= 0.6 is 11.3 Å². The highest BCUT2D eigenvalue weighted by atomic mass is 32.1.